The highest BCUT2D eigenvalue weighted by molar-refractivity contribution is 6.33. The first kappa shape index (κ1) is 13.9. The first-order valence-corrected chi connectivity index (χ1v) is 7.27. The van der Waals surface area contributed by atoms with Crippen molar-refractivity contribution in [3.05, 3.63) is 52.3 Å². The van der Waals surface area contributed by atoms with Crippen molar-refractivity contribution in [2.75, 3.05) is 17.2 Å². The lowest BCUT2D eigenvalue weighted by Crippen LogP contribution is -2.36. The summed E-state index contributed by atoms with van der Waals surface area (Å²) in [5.74, 6) is -0.143. The molecule has 3 rings (SSSR count). The van der Waals surface area contributed by atoms with Gasteiger partial charge in [-0.1, -0.05) is 29.8 Å². The van der Waals surface area contributed by atoms with Crippen LogP contribution in [0.15, 0.2) is 30.5 Å². The molecular formula is C16H16ClN3O. The van der Waals surface area contributed by atoms with Crippen molar-refractivity contribution in [2.24, 2.45) is 0 Å². The molecule has 1 aromatic carbocycles. The van der Waals surface area contributed by atoms with E-state index in [-0.39, 0.29) is 11.1 Å². The summed E-state index contributed by atoms with van der Waals surface area (Å²) in [5, 5.41) is 0.190. The minimum absolute atomic E-state index is 0.143. The molecule has 0 spiro atoms. The largest absolute Gasteiger partial charge is 0.397 e. The van der Waals surface area contributed by atoms with Gasteiger partial charge in [-0.05, 0) is 37.0 Å². The maximum Gasteiger partial charge on any atom is 0.261 e. The van der Waals surface area contributed by atoms with E-state index >= 15 is 0 Å². The molecule has 1 amide bonds. The number of benzene rings is 1. The number of anilines is 2. The van der Waals surface area contributed by atoms with E-state index in [1.807, 2.05) is 19.1 Å². The number of carbonyl (C=O) groups excluding carboxylic acids is 1. The Kier molecular flexibility index (Phi) is 3.55. The number of aryl methyl sites for hydroxylation is 2. The maximum absolute atomic E-state index is 12.8. The topological polar surface area (TPSA) is 59.2 Å². The van der Waals surface area contributed by atoms with Gasteiger partial charge in [0.05, 0.1) is 23.1 Å². The third-order valence-electron chi connectivity index (χ3n) is 3.75. The molecule has 1 aromatic heterocycles. The van der Waals surface area contributed by atoms with Gasteiger partial charge in [0.1, 0.15) is 5.15 Å². The fraction of sp³-hybridized carbons (Fsp3) is 0.250. The van der Waals surface area contributed by atoms with Gasteiger partial charge in [0.15, 0.2) is 0 Å². The Bertz CT molecular complexity index is 715. The van der Waals surface area contributed by atoms with Crippen LogP contribution in [0.2, 0.25) is 5.15 Å². The fourth-order valence-electron chi connectivity index (χ4n) is 2.81. The number of amides is 1. The lowest BCUT2D eigenvalue weighted by molar-refractivity contribution is 0.0985. The second-order valence-electron chi connectivity index (χ2n) is 5.25. The number of halogens is 1. The van der Waals surface area contributed by atoms with Crippen molar-refractivity contribution in [3.63, 3.8) is 0 Å². The molecule has 0 unspecified atom stereocenters. The normalized spacial score (nSPS) is 13.9. The standard InChI is InChI=1S/C16H16ClN3O/c1-10-4-2-5-11-6-3-7-20(14(10)11)16(21)13-8-12(18)9-19-15(13)17/h2,4-5,8-9H,3,6-7,18H2,1H3. The summed E-state index contributed by atoms with van der Waals surface area (Å²) in [6.07, 6.45) is 3.38. The second kappa shape index (κ2) is 5.37. The number of carbonyl (C=O) groups is 1. The molecule has 0 bridgehead atoms. The van der Waals surface area contributed by atoms with Crippen LogP contribution < -0.4 is 10.6 Å². The lowest BCUT2D eigenvalue weighted by atomic mass is 9.97. The molecule has 5 heteroatoms. The van der Waals surface area contributed by atoms with Gasteiger partial charge in [0, 0.05) is 6.54 Å². The quantitative estimate of drug-likeness (QED) is 0.823. The van der Waals surface area contributed by atoms with Crippen LogP contribution in [-0.4, -0.2) is 17.4 Å². The molecule has 0 radical (unpaired) electrons. The van der Waals surface area contributed by atoms with Gasteiger partial charge >= 0.3 is 0 Å². The highest BCUT2D eigenvalue weighted by atomic mass is 35.5. The Morgan fingerprint density at radius 3 is 3.05 bits per heavy atom. The van der Waals surface area contributed by atoms with Crippen LogP contribution in [0.4, 0.5) is 11.4 Å². The predicted molar refractivity (Wildman–Crippen MR) is 84.8 cm³/mol. The Morgan fingerprint density at radius 1 is 1.43 bits per heavy atom. The van der Waals surface area contributed by atoms with E-state index in [4.69, 9.17) is 17.3 Å². The third kappa shape index (κ3) is 2.47. The van der Waals surface area contributed by atoms with E-state index in [1.165, 1.54) is 11.8 Å². The van der Waals surface area contributed by atoms with Crippen molar-refractivity contribution in [2.45, 2.75) is 19.8 Å². The average Bonchev–Trinajstić information content (AvgIpc) is 2.49. The fourth-order valence-corrected chi connectivity index (χ4v) is 2.99. The summed E-state index contributed by atoms with van der Waals surface area (Å²) >= 11 is 6.06. The van der Waals surface area contributed by atoms with Crippen LogP contribution >= 0.6 is 11.6 Å². The van der Waals surface area contributed by atoms with Gasteiger partial charge < -0.3 is 10.6 Å². The Labute approximate surface area is 128 Å². The number of aromatic nitrogens is 1. The molecule has 2 N–H and O–H groups in total. The maximum atomic E-state index is 12.8. The molecule has 0 fully saturated rings. The lowest BCUT2D eigenvalue weighted by Gasteiger charge is -2.31. The van der Waals surface area contributed by atoms with E-state index in [2.05, 4.69) is 11.1 Å². The van der Waals surface area contributed by atoms with E-state index in [9.17, 15) is 4.79 Å². The number of hydrogen-bond acceptors (Lipinski definition) is 3. The monoisotopic (exact) mass is 301 g/mol. The molecule has 0 atom stereocenters. The summed E-state index contributed by atoms with van der Waals surface area (Å²) in [7, 11) is 0. The van der Waals surface area contributed by atoms with Crippen molar-refractivity contribution in [1.82, 2.24) is 4.98 Å². The summed E-state index contributed by atoms with van der Waals surface area (Å²) < 4.78 is 0. The van der Waals surface area contributed by atoms with Crippen molar-refractivity contribution in [1.29, 1.82) is 0 Å². The highest BCUT2D eigenvalue weighted by Gasteiger charge is 2.26. The van der Waals surface area contributed by atoms with Crippen LogP contribution in [0.25, 0.3) is 0 Å². The zero-order valence-corrected chi connectivity index (χ0v) is 12.5. The van der Waals surface area contributed by atoms with Crippen molar-refractivity contribution in [3.8, 4) is 0 Å². The molecule has 108 valence electrons. The number of pyridine rings is 1. The van der Waals surface area contributed by atoms with Crippen LogP contribution in [0.3, 0.4) is 0 Å². The molecular weight excluding hydrogens is 286 g/mol. The number of nitrogens with two attached hydrogens (primary N) is 1. The van der Waals surface area contributed by atoms with Crippen molar-refractivity contribution >= 4 is 28.9 Å². The summed E-state index contributed by atoms with van der Waals surface area (Å²) in [6, 6.07) is 7.70. The summed E-state index contributed by atoms with van der Waals surface area (Å²) in [4.78, 5) is 18.6. The van der Waals surface area contributed by atoms with E-state index in [0.29, 0.717) is 17.8 Å². The zero-order valence-electron chi connectivity index (χ0n) is 11.8. The smallest absolute Gasteiger partial charge is 0.261 e. The number of nitrogen functional groups attached to an aromatic ring is 1. The molecule has 0 saturated heterocycles. The average molecular weight is 302 g/mol. The van der Waals surface area contributed by atoms with Crippen LogP contribution in [0.5, 0.6) is 0 Å². The Balaban J connectivity index is 2.06. The molecule has 0 saturated carbocycles. The van der Waals surface area contributed by atoms with Crippen molar-refractivity contribution < 1.29 is 4.79 Å². The predicted octanol–water partition coefficient (Wildman–Crippen LogP) is 3.22. The first-order valence-electron chi connectivity index (χ1n) is 6.89. The zero-order chi connectivity index (χ0) is 15.0. The van der Waals surface area contributed by atoms with Crippen LogP contribution in [0, 0.1) is 6.92 Å². The number of para-hydroxylation sites is 1. The molecule has 2 aromatic rings. The molecule has 2 heterocycles. The first-order chi connectivity index (χ1) is 10.1. The van der Waals surface area contributed by atoms with E-state index in [1.54, 1.807) is 11.0 Å². The van der Waals surface area contributed by atoms with Gasteiger partial charge in [-0.25, -0.2) is 4.98 Å². The SMILES string of the molecule is Cc1cccc2c1N(C(=O)c1cc(N)cnc1Cl)CCC2. The van der Waals surface area contributed by atoms with Gasteiger partial charge in [-0.3, -0.25) is 4.79 Å². The number of hydrogen-bond donors (Lipinski definition) is 1. The number of fused-ring (bicyclic) bond motifs is 1. The number of rotatable bonds is 1. The Morgan fingerprint density at radius 2 is 2.24 bits per heavy atom. The molecule has 1 aliphatic rings. The molecule has 4 nitrogen and oxygen atoms in total. The van der Waals surface area contributed by atoms with Gasteiger partial charge in [0.25, 0.3) is 5.91 Å². The van der Waals surface area contributed by atoms with Crippen LogP contribution in [0.1, 0.15) is 27.9 Å². The minimum Gasteiger partial charge on any atom is -0.397 e. The molecule has 21 heavy (non-hydrogen) atoms. The summed E-state index contributed by atoms with van der Waals surface area (Å²) in [5.41, 5.74) is 9.80. The van der Waals surface area contributed by atoms with Gasteiger partial charge in [-0.2, -0.15) is 0 Å². The highest BCUT2D eigenvalue weighted by Crippen LogP contribution is 2.32. The molecule has 0 aliphatic carbocycles. The second-order valence-corrected chi connectivity index (χ2v) is 5.61. The third-order valence-corrected chi connectivity index (χ3v) is 4.06. The van der Waals surface area contributed by atoms with Gasteiger partial charge in [0.2, 0.25) is 0 Å². The molecule has 1 aliphatic heterocycles. The van der Waals surface area contributed by atoms with E-state index < -0.39 is 0 Å². The van der Waals surface area contributed by atoms with E-state index in [0.717, 1.165) is 24.1 Å². The van der Waals surface area contributed by atoms with Gasteiger partial charge in [-0.15, -0.1) is 0 Å². The summed E-state index contributed by atoms with van der Waals surface area (Å²) in [6.45, 7) is 2.70. The minimum atomic E-state index is -0.143. The number of nitrogens with zero attached hydrogens (tertiary/aromatic N) is 2. The van der Waals surface area contributed by atoms with Crippen LogP contribution in [-0.2, 0) is 6.42 Å². The Hall–Kier alpha value is -2.07.